The molecule has 9 heteroatoms. The SMILES string of the molecule is CN(CCOc1ccc(F)cc1)CCS(=O)(=O)CCN(C)CCOc1ccc(F)cc1. The maximum absolute atomic E-state index is 12.9. The van der Waals surface area contributed by atoms with Crippen molar-refractivity contribution in [2.24, 2.45) is 0 Å². The van der Waals surface area contributed by atoms with Gasteiger partial charge in [0.2, 0.25) is 0 Å². The van der Waals surface area contributed by atoms with Crippen molar-refractivity contribution in [3.05, 3.63) is 60.2 Å². The Morgan fingerprint density at radius 1 is 0.677 bits per heavy atom. The number of benzene rings is 2. The number of sulfone groups is 1. The van der Waals surface area contributed by atoms with Crippen LogP contribution in [0.15, 0.2) is 48.5 Å². The van der Waals surface area contributed by atoms with Crippen LogP contribution in [0.4, 0.5) is 8.78 Å². The van der Waals surface area contributed by atoms with E-state index < -0.39 is 9.84 Å². The second-order valence-electron chi connectivity index (χ2n) is 7.36. The van der Waals surface area contributed by atoms with Crippen LogP contribution in [0.25, 0.3) is 0 Å². The van der Waals surface area contributed by atoms with Crippen LogP contribution in [-0.4, -0.2) is 83.2 Å². The summed E-state index contributed by atoms with van der Waals surface area (Å²) >= 11 is 0. The Morgan fingerprint density at radius 3 is 1.39 bits per heavy atom. The van der Waals surface area contributed by atoms with Crippen molar-refractivity contribution in [3.63, 3.8) is 0 Å². The van der Waals surface area contributed by atoms with Crippen LogP contribution in [0.5, 0.6) is 11.5 Å². The molecule has 0 aliphatic carbocycles. The topological polar surface area (TPSA) is 59.1 Å². The van der Waals surface area contributed by atoms with Crippen LogP contribution in [0.2, 0.25) is 0 Å². The molecule has 0 aromatic heterocycles. The molecule has 0 N–H and O–H groups in total. The Bertz CT molecular complexity index is 810. The third kappa shape index (κ3) is 10.6. The van der Waals surface area contributed by atoms with E-state index in [1.165, 1.54) is 24.3 Å². The van der Waals surface area contributed by atoms with Gasteiger partial charge >= 0.3 is 0 Å². The average molecular weight is 457 g/mol. The number of hydrogen-bond acceptors (Lipinski definition) is 6. The largest absolute Gasteiger partial charge is 0.492 e. The fourth-order valence-corrected chi connectivity index (χ4v) is 4.00. The van der Waals surface area contributed by atoms with Gasteiger partial charge in [-0.1, -0.05) is 0 Å². The Balaban J connectivity index is 1.58. The first-order chi connectivity index (χ1) is 14.7. The molecule has 6 nitrogen and oxygen atoms in total. The first-order valence-electron chi connectivity index (χ1n) is 10.1. The molecule has 0 aliphatic heterocycles. The summed E-state index contributed by atoms with van der Waals surface area (Å²) < 4.78 is 61.4. The van der Waals surface area contributed by atoms with Gasteiger partial charge in [-0.2, -0.15) is 0 Å². The van der Waals surface area contributed by atoms with E-state index in [2.05, 4.69) is 0 Å². The third-order valence-corrected chi connectivity index (χ3v) is 6.29. The zero-order chi connectivity index (χ0) is 22.7. The van der Waals surface area contributed by atoms with Gasteiger partial charge in [-0.3, -0.25) is 0 Å². The molecule has 0 fully saturated rings. The lowest BCUT2D eigenvalue weighted by atomic mass is 10.3. The van der Waals surface area contributed by atoms with E-state index in [0.717, 1.165) is 0 Å². The minimum absolute atomic E-state index is 0.0694. The van der Waals surface area contributed by atoms with Gasteiger partial charge in [-0.15, -0.1) is 0 Å². The summed E-state index contributed by atoms with van der Waals surface area (Å²) in [4.78, 5) is 3.78. The van der Waals surface area contributed by atoms with Crippen molar-refractivity contribution in [2.75, 3.05) is 65.0 Å². The maximum Gasteiger partial charge on any atom is 0.152 e. The van der Waals surface area contributed by atoms with Crippen molar-refractivity contribution < 1.29 is 26.7 Å². The molecule has 31 heavy (non-hydrogen) atoms. The zero-order valence-electron chi connectivity index (χ0n) is 18.0. The minimum atomic E-state index is -3.18. The number of nitrogens with zero attached hydrogens (tertiary/aromatic N) is 2. The molecule has 2 aromatic rings. The third-order valence-electron chi connectivity index (χ3n) is 4.68. The van der Waals surface area contributed by atoms with Gasteiger partial charge < -0.3 is 19.3 Å². The fraction of sp³-hybridized carbons (Fsp3) is 0.455. The number of hydrogen-bond donors (Lipinski definition) is 0. The molecule has 0 amide bonds. The molecule has 0 saturated heterocycles. The average Bonchev–Trinajstić information content (AvgIpc) is 2.74. The molecule has 0 unspecified atom stereocenters. The molecule has 0 spiro atoms. The lowest BCUT2D eigenvalue weighted by Gasteiger charge is -2.19. The quantitative estimate of drug-likeness (QED) is 0.436. The van der Waals surface area contributed by atoms with E-state index in [4.69, 9.17) is 9.47 Å². The van der Waals surface area contributed by atoms with Gasteiger partial charge in [0.05, 0.1) is 11.5 Å². The van der Waals surface area contributed by atoms with E-state index in [9.17, 15) is 17.2 Å². The van der Waals surface area contributed by atoms with E-state index >= 15 is 0 Å². The van der Waals surface area contributed by atoms with Crippen molar-refractivity contribution in [3.8, 4) is 11.5 Å². The molecule has 0 heterocycles. The van der Waals surface area contributed by atoms with Crippen molar-refractivity contribution in [1.82, 2.24) is 9.80 Å². The molecular formula is C22H30F2N2O4S. The van der Waals surface area contributed by atoms with E-state index in [-0.39, 0.29) is 23.1 Å². The van der Waals surface area contributed by atoms with Crippen LogP contribution in [0, 0.1) is 11.6 Å². The second kappa shape index (κ2) is 12.6. The molecule has 0 aliphatic rings. The lowest BCUT2D eigenvalue weighted by Crippen LogP contribution is -2.33. The summed E-state index contributed by atoms with van der Waals surface area (Å²) in [5.41, 5.74) is 0. The number of ether oxygens (including phenoxy) is 2. The lowest BCUT2D eigenvalue weighted by molar-refractivity contribution is 0.242. The number of halogens is 2. The Kier molecular flexibility index (Phi) is 10.2. The first kappa shape index (κ1) is 25.0. The van der Waals surface area contributed by atoms with Crippen LogP contribution in [-0.2, 0) is 9.84 Å². The van der Waals surface area contributed by atoms with Crippen molar-refractivity contribution in [2.45, 2.75) is 0 Å². The van der Waals surface area contributed by atoms with Crippen molar-refractivity contribution in [1.29, 1.82) is 0 Å². The molecule has 0 saturated carbocycles. The van der Waals surface area contributed by atoms with E-state index in [1.807, 2.05) is 23.9 Å². The minimum Gasteiger partial charge on any atom is -0.492 e. The van der Waals surface area contributed by atoms with Crippen LogP contribution < -0.4 is 9.47 Å². The second-order valence-corrected chi connectivity index (χ2v) is 9.67. The smallest absolute Gasteiger partial charge is 0.152 e. The fourth-order valence-electron chi connectivity index (χ4n) is 2.62. The molecule has 172 valence electrons. The van der Waals surface area contributed by atoms with E-state index in [0.29, 0.717) is 50.9 Å². The Morgan fingerprint density at radius 2 is 1.03 bits per heavy atom. The Hall–Kier alpha value is -2.23. The Labute approximate surface area is 183 Å². The maximum atomic E-state index is 12.9. The molecule has 2 aromatic carbocycles. The molecule has 0 radical (unpaired) electrons. The first-order valence-corrected chi connectivity index (χ1v) is 11.9. The standard InChI is InChI=1S/C22H30F2N2O4S/c1-25(11-15-29-21-7-3-19(23)4-8-21)13-17-31(27,28)18-14-26(2)12-16-30-22-9-5-20(24)6-10-22/h3-10H,11-18H2,1-2H3. The highest BCUT2D eigenvalue weighted by molar-refractivity contribution is 7.91. The summed E-state index contributed by atoms with van der Waals surface area (Å²) in [7, 11) is 0.488. The van der Waals surface area contributed by atoms with Crippen LogP contribution in [0.1, 0.15) is 0 Å². The predicted molar refractivity (Wildman–Crippen MR) is 117 cm³/mol. The number of likely N-dealkylation sites (N-methyl/N-ethyl adjacent to an activating group) is 2. The molecule has 0 bridgehead atoms. The summed E-state index contributed by atoms with van der Waals surface area (Å²) in [5.74, 6) is 0.657. The highest BCUT2D eigenvalue weighted by atomic mass is 32.2. The molecule has 0 atom stereocenters. The predicted octanol–water partition coefficient (Wildman–Crippen LogP) is 2.70. The highest BCUT2D eigenvalue weighted by Crippen LogP contribution is 2.11. The summed E-state index contributed by atoms with van der Waals surface area (Å²) in [6, 6.07) is 11.5. The summed E-state index contributed by atoms with van der Waals surface area (Å²) in [6.45, 7) is 2.72. The van der Waals surface area contributed by atoms with E-state index in [1.54, 1.807) is 24.3 Å². The zero-order valence-corrected chi connectivity index (χ0v) is 18.8. The van der Waals surface area contributed by atoms with Gasteiger partial charge in [0, 0.05) is 26.2 Å². The monoisotopic (exact) mass is 456 g/mol. The van der Waals surface area contributed by atoms with Gasteiger partial charge in [-0.25, -0.2) is 17.2 Å². The highest BCUT2D eigenvalue weighted by Gasteiger charge is 2.14. The van der Waals surface area contributed by atoms with Gasteiger partial charge in [-0.05, 0) is 62.6 Å². The molecule has 2 rings (SSSR count). The summed E-state index contributed by atoms with van der Waals surface area (Å²) in [6.07, 6.45) is 0. The summed E-state index contributed by atoms with van der Waals surface area (Å²) in [5, 5.41) is 0. The molecular weight excluding hydrogens is 426 g/mol. The van der Waals surface area contributed by atoms with Gasteiger partial charge in [0.1, 0.15) is 36.3 Å². The van der Waals surface area contributed by atoms with Crippen molar-refractivity contribution >= 4 is 9.84 Å². The number of rotatable bonds is 14. The van der Waals surface area contributed by atoms with Crippen LogP contribution >= 0.6 is 0 Å². The normalized spacial score (nSPS) is 11.8. The van der Waals surface area contributed by atoms with Crippen LogP contribution in [0.3, 0.4) is 0 Å². The van der Waals surface area contributed by atoms with Gasteiger partial charge in [0.15, 0.2) is 9.84 Å². The van der Waals surface area contributed by atoms with Gasteiger partial charge in [0.25, 0.3) is 0 Å².